The zero-order chi connectivity index (χ0) is 14.7. The molecule has 1 saturated heterocycles. The molecule has 1 fully saturated rings. The number of nitrogens with zero attached hydrogens (tertiary/aromatic N) is 2. The van der Waals surface area contributed by atoms with Crippen molar-refractivity contribution in [2.24, 2.45) is 0 Å². The molecule has 1 aromatic rings. The van der Waals surface area contributed by atoms with Crippen molar-refractivity contribution in [3.63, 3.8) is 0 Å². The first-order valence-electron chi connectivity index (χ1n) is 6.84. The quantitative estimate of drug-likeness (QED) is 0.850. The monoisotopic (exact) mass is 282 g/mol. The smallest absolute Gasteiger partial charge is 0.244 e. The molecule has 0 bridgehead atoms. The largest absolute Gasteiger partial charge is 0.341 e. The third kappa shape index (κ3) is 3.33. The van der Waals surface area contributed by atoms with Gasteiger partial charge >= 0.3 is 0 Å². The van der Waals surface area contributed by atoms with Crippen LogP contribution in [0, 0.1) is 5.82 Å². The summed E-state index contributed by atoms with van der Waals surface area (Å²) in [5.74, 6) is -0.370. The van der Waals surface area contributed by atoms with Gasteiger partial charge in [-0.25, -0.2) is 8.78 Å². The molecule has 1 amide bonds. The highest BCUT2D eigenvalue weighted by molar-refractivity contribution is 5.83. The molecule has 0 aromatic heterocycles. The third-order valence-electron chi connectivity index (χ3n) is 3.67. The van der Waals surface area contributed by atoms with E-state index < -0.39 is 12.2 Å². The first kappa shape index (κ1) is 14.9. The van der Waals surface area contributed by atoms with E-state index in [1.807, 2.05) is 14.1 Å². The van der Waals surface area contributed by atoms with E-state index in [9.17, 15) is 13.6 Å². The van der Waals surface area contributed by atoms with Crippen LogP contribution in [0.5, 0.6) is 0 Å². The van der Waals surface area contributed by atoms with Crippen molar-refractivity contribution in [2.45, 2.75) is 25.1 Å². The van der Waals surface area contributed by atoms with Crippen molar-refractivity contribution in [2.75, 3.05) is 27.2 Å². The van der Waals surface area contributed by atoms with E-state index in [0.717, 1.165) is 5.56 Å². The van der Waals surface area contributed by atoms with Gasteiger partial charge in [-0.3, -0.25) is 9.69 Å². The number of likely N-dealkylation sites (N-methyl/N-ethyl adjacent to an activating group) is 1. The Bertz CT molecular complexity index is 453. The molecule has 20 heavy (non-hydrogen) atoms. The molecule has 0 N–H and O–H groups in total. The summed E-state index contributed by atoms with van der Waals surface area (Å²) in [6, 6.07) is 5.51. The highest BCUT2D eigenvalue weighted by Gasteiger charge is 2.30. The number of benzene rings is 1. The summed E-state index contributed by atoms with van der Waals surface area (Å²) >= 11 is 0. The highest BCUT2D eigenvalue weighted by atomic mass is 19.1. The van der Waals surface area contributed by atoms with Crippen LogP contribution in [-0.2, 0) is 4.79 Å². The minimum atomic E-state index is -0.803. The van der Waals surface area contributed by atoms with Gasteiger partial charge in [-0.05, 0) is 44.6 Å². The van der Waals surface area contributed by atoms with Gasteiger partial charge in [-0.15, -0.1) is 0 Å². The van der Waals surface area contributed by atoms with Gasteiger partial charge in [0.05, 0.1) is 0 Å². The van der Waals surface area contributed by atoms with E-state index >= 15 is 0 Å². The molecule has 1 atom stereocenters. The average molecular weight is 282 g/mol. The second-order valence-electron chi connectivity index (χ2n) is 5.42. The molecule has 1 aliphatic rings. The first-order chi connectivity index (χ1) is 9.49. The number of likely N-dealkylation sites (tertiary alicyclic amines) is 1. The lowest BCUT2D eigenvalue weighted by Crippen LogP contribution is -2.44. The molecule has 0 spiro atoms. The summed E-state index contributed by atoms with van der Waals surface area (Å²) < 4.78 is 26.2. The van der Waals surface area contributed by atoms with Crippen molar-refractivity contribution in [1.29, 1.82) is 0 Å². The fourth-order valence-electron chi connectivity index (χ4n) is 2.55. The standard InChI is InChI=1S/C15H20F2N2O/c1-18(2)14(11-3-5-12(16)6-4-11)15(20)19-9-7-13(17)8-10-19/h3-6,13-14H,7-10H2,1-2H3/t14-/m0/s1. The molecule has 1 aliphatic heterocycles. The van der Waals surface area contributed by atoms with Crippen LogP contribution in [0.4, 0.5) is 8.78 Å². The third-order valence-corrected chi connectivity index (χ3v) is 3.67. The fraction of sp³-hybridized carbons (Fsp3) is 0.533. The number of alkyl halides is 1. The summed E-state index contributed by atoms with van der Waals surface area (Å²) in [7, 11) is 3.63. The van der Waals surface area contributed by atoms with Crippen LogP contribution >= 0.6 is 0 Å². The Balaban J connectivity index is 2.16. The summed E-state index contributed by atoms with van der Waals surface area (Å²) in [6.07, 6.45) is -0.00683. The number of rotatable bonds is 3. The van der Waals surface area contributed by atoms with Crippen LogP contribution in [0.3, 0.4) is 0 Å². The normalized spacial score (nSPS) is 18.4. The lowest BCUT2D eigenvalue weighted by molar-refractivity contribution is -0.137. The van der Waals surface area contributed by atoms with Gasteiger partial charge in [0.25, 0.3) is 0 Å². The molecular formula is C15H20F2N2O. The second-order valence-corrected chi connectivity index (χ2v) is 5.42. The van der Waals surface area contributed by atoms with Gasteiger partial charge in [0.15, 0.2) is 0 Å². The molecule has 0 unspecified atom stereocenters. The Morgan fingerprint density at radius 1 is 1.25 bits per heavy atom. The predicted octanol–water partition coefficient (Wildman–Crippen LogP) is 2.39. The Labute approximate surface area is 118 Å². The maximum atomic E-state index is 13.2. The topological polar surface area (TPSA) is 23.6 Å². The van der Waals surface area contributed by atoms with E-state index in [1.165, 1.54) is 12.1 Å². The maximum Gasteiger partial charge on any atom is 0.244 e. The van der Waals surface area contributed by atoms with E-state index in [2.05, 4.69) is 0 Å². The Morgan fingerprint density at radius 2 is 1.80 bits per heavy atom. The molecule has 3 nitrogen and oxygen atoms in total. The number of hydrogen-bond donors (Lipinski definition) is 0. The fourth-order valence-corrected chi connectivity index (χ4v) is 2.55. The van der Waals surface area contributed by atoms with Crippen LogP contribution in [0.25, 0.3) is 0 Å². The maximum absolute atomic E-state index is 13.2. The van der Waals surface area contributed by atoms with E-state index in [1.54, 1.807) is 21.9 Å². The van der Waals surface area contributed by atoms with Crippen molar-refractivity contribution >= 4 is 5.91 Å². The van der Waals surface area contributed by atoms with Crippen LogP contribution in [-0.4, -0.2) is 49.1 Å². The van der Waals surface area contributed by atoms with E-state index in [0.29, 0.717) is 25.9 Å². The molecule has 0 saturated carbocycles. The lowest BCUT2D eigenvalue weighted by atomic mass is 10.0. The van der Waals surface area contributed by atoms with Crippen molar-refractivity contribution in [1.82, 2.24) is 9.80 Å². The molecular weight excluding hydrogens is 262 g/mol. The minimum Gasteiger partial charge on any atom is -0.341 e. The number of halogens is 2. The average Bonchev–Trinajstić information content (AvgIpc) is 2.41. The van der Waals surface area contributed by atoms with E-state index in [-0.39, 0.29) is 11.7 Å². The number of carbonyl (C=O) groups excluding carboxylic acids is 1. The van der Waals surface area contributed by atoms with Crippen LogP contribution in [0.15, 0.2) is 24.3 Å². The Hall–Kier alpha value is -1.49. The van der Waals surface area contributed by atoms with Crippen molar-refractivity contribution in [3.8, 4) is 0 Å². The van der Waals surface area contributed by atoms with Gasteiger partial charge in [-0.2, -0.15) is 0 Å². The number of amides is 1. The van der Waals surface area contributed by atoms with Crippen LogP contribution < -0.4 is 0 Å². The molecule has 5 heteroatoms. The Kier molecular flexibility index (Phi) is 4.70. The van der Waals surface area contributed by atoms with Gasteiger partial charge in [-0.1, -0.05) is 12.1 Å². The number of piperidine rings is 1. The first-order valence-corrected chi connectivity index (χ1v) is 6.84. The summed E-state index contributed by atoms with van der Waals surface area (Å²) in [5, 5.41) is 0. The predicted molar refractivity (Wildman–Crippen MR) is 73.5 cm³/mol. The Morgan fingerprint density at radius 3 is 2.30 bits per heavy atom. The van der Waals surface area contributed by atoms with Gasteiger partial charge < -0.3 is 4.90 Å². The summed E-state index contributed by atoms with van der Waals surface area (Å²) in [4.78, 5) is 16.1. The molecule has 0 radical (unpaired) electrons. The minimum absolute atomic E-state index is 0.0477. The summed E-state index contributed by atoms with van der Waals surface area (Å²) in [5.41, 5.74) is 0.753. The zero-order valence-electron chi connectivity index (χ0n) is 11.9. The molecule has 0 aliphatic carbocycles. The van der Waals surface area contributed by atoms with Gasteiger partial charge in [0.1, 0.15) is 18.0 Å². The van der Waals surface area contributed by atoms with Gasteiger partial charge in [0.2, 0.25) is 5.91 Å². The number of carbonyl (C=O) groups is 1. The summed E-state index contributed by atoms with van der Waals surface area (Å²) in [6.45, 7) is 0.900. The van der Waals surface area contributed by atoms with Crippen LogP contribution in [0.2, 0.25) is 0 Å². The molecule has 1 heterocycles. The second kappa shape index (κ2) is 6.31. The highest BCUT2D eigenvalue weighted by Crippen LogP contribution is 2.24. The van der Waals surface area contributed by atoms with Crippen molar-refractivity contribution < 1.29 is 13.6 Å². The number of hydrogen-bond acceptors (Lipinski definition) is 2. The molecule has 1 aromatic carbocycles. The molecule has 2 rings (SSSR count). The van der Waals surface area contributed by atoms with Crippen LogP contribution in [0.1, 0.15) is 24.4 Å². The van der Waals surface area contributed by atoms with Crippen molar-refractivity contribution in [3.05, 3.63) is 35.6 Å². The van der Waals surface area contributed by atoms with E-state index in [4.69, 9.17) is 0 Å². The van der Waals surface area contributed by atoms with Gasteiger partial charge in [0, 0.05) is 13.1 Å². The molecule has 110 valence electrons. The SMILES string of the molecule is CN(C)[C@H](C(=O)N1CCC(F)CC1)c1ccc(F)cc1. The zero-order valence-corrected chi connectivity index (χ0v) is 11.9. The lowest BCUT2D eigenvalue weighted by Gasteiger charge is -2.34.